The zero-order valence-corrected chi connectivity index (χ0v) is 7.89. The zero-order valence-electron chi connectivity index (χ0n) is 7.89. The van der Waals surface area contributed by atoms with Crippen LogP contribution in [0, 0.1) is 0 Å². The highest BCUT2D eigenvalue weighted by Gasteiger charge is 2.34. The molecule has 0 aliphatic carbocycles. The van der Waals surface area contributed by atoms with Crippen molar-refractivity contribution in [3.05, 3.63) is 0 Å². The molecule has 0 saturated carbocycles. The van der Waals surface area contributed by atoms with E-state index in [2.05, 4.69) is 18.9 Å². The summed E-state index contributed by atoms with van der Waals surface area (Å²) in [6.07, 6.45) is 4.92. The molecular formula is C9H19NO. The van der Waals surface area contributed by atoms with Crippen molar-refractivity contribution in [2.24, 2.45) is 0 Å². The van der Waals surface area contributed by atoms with E-state index in [9.17, 15) is 0 Å². The molecule has 0 N–H and O–H groups in total. The van der Waals surface area contributed by atoms with Gasteiger partial charge in [-0.25, -0.2) is 0 Å². The fourth-order valence-electron chi connectivity index (χ4n) is 1.99. The smallest absolute Gasteiger partial charge is 0.120 e. The van der Waals surface area contributed by atoms with Crippen molar-refractivity contribution >= 4 is 0 Å². The van der Waals surface area contributed by atoms with Gasteiger partial charge in [-0.2, -0.15) is 0 Å². The molecule has 1 aliphatic rings. The fourth-order valence-corrected chi connectivity index (χ4v) is 1.99. The van der Waals surface area contributed by atoms with Gasteiger partial charge in [-0.15, -0.1) is 0 Å². The molecule has 0 radical (unpaired) electrons. The van der Waals surface area contributed by atoms with Gasteiger partial charge in [0, 0.05) is 13.7 Å². The number of rotatable bonds is 2. The molecule has 0 bridgehead atoms. The maximum absolute atomic E-state index is 5.57. The van der Waals surface area contributed by atoms with E-state index in [4.69, 9.17) is 4.74 Å². The Hall–Kier alpha value is -0.0800. The minimum Gasteiger partial charge on any atom is -0.364 e. The number of hydrogen-bond acceptors (Lipinski definition) is 2. The molecule has 0 aromatic heterocycles. The molecule has 1 unspecified atom stereocenters. The van der Waals surface area contributed by atoms with Crippen LogP contribution in [-0.2, 0) is 4.74 Å². The summed E-state index contributed by atoms with van der Waals surface area (Å²) in [5.74, 6) is 0. The first-order chi connectivity index (χ1) is 5.25. The summed E-state index contributed by atoms with van der Waals surface area (Å²) >= 11 is 0. The van der Waals surface area contributed by atoms with E-state index >= 15 is 0 Å². The molecule has 2 heteroatoms. The Morgan fingerprint density at radius 3 is 2.55 bits per heavy atom. The first-order valence-corrected chi connectivity index (χ1v) is 4.51. The Kier molecular flexibility index (Phi) is 2.90. The Labute approximate surface area is 69.5 Å². The maximum atomic E-state index is 5.57. The van der Waals surface area contributed by atoms with Crippen LogP contribution in [0.4, 0.5) is 0 Å². The van der Waals surface area contributed by atoms with Gasteiger partial charge in [0.15, 0.2) is 0 Å². The summed E-state index contributed by atoms with van der Waals surface area (Å²) in [5.41, 5.74) is 0.0538. The molecule has 1 atom stereocenters. The standard InChI is InChI=1S/C9H19NO/c1-4-9(11-3)7-5-6-8-10(9)2/h4-8H2,1-3H3. The van der Waals surface area contributed by atoms with Gasteiger partial charge in [0.1, 0.15) is 5.72 Å². The highest BCUT2D eigenvalue weighted by Crippen LogP contribution is 2.29. The second-order valence-electron chi connectivity index (χ2n) is 3.38. The van der Waals surface area contributed by atoms with Crippen LogP contribution in [0.15, 0.2) is 0 Å². The number of nitrogens with zero attached hydrogens (tertiary/aromatic N) is 1. The topological polar surface area (TPSA) is 12.5 Å². The molecule has 0 amide bonds. The third kappa shape index (κ3) is 1.57. The first kappa shape index (κ1) is 9.01. The van der Waals surface area contributed by atoms with Crippen molar-refractivity contribution in [1.82, 2.24) is 4.90 Å². The first-order valence-electron chi connectivity index (χ1n) is 4.51. The fraction of sp³-hybridized carbons (Fsp3) is 1.00. The average Bonchev–Trinajstić information content (AvgIpc) is 2.06. The summed E-state index contributed by atoms with van der Waals surface area (Å²) in [6.45, 7) is 3.38. The van der Waals surface area contributed by atoms with Gasteiger partial charge in [0.25, 0.3) is 0 Å². The molecule has 1 saturated heterocycles. The van der Waals surface area contributed by atoms with Crippen LogP contribution in [0.1, 0.15) is 32.6 Å². The predicted molar refractivity (Wildman–Crippen MR) is 46.5 cm³/mol. The average molecular weight is 157 g/mol. The third-order valence-corrected chi connectivity index (χ3v) is 2.94. The lowest BCUT2D eigenvalue weighted by atomic mass is 9.96. The van der Waals surface area contributed by atoms with E-state index in [1.165, 1.54) is 25.8 Å². The third-order valence-electron chi connectivity index (χ3n) is 2.94. The van der Waals surface area contributed by atoms with Crippen molar-refractivity contribution in [3.63, 3.8) is 0 Å². The largest absolute Gasteiger partial charge is 0.364 e. The van der Waals surface area contributed by atoms with Crippen LogP contribution in [0.25, 0.3) is 0 Å². The summed E-state index contributed by atoms with van der Waals surface area (Å²) in [6, 6.07) is 0. The van der Waals surface area contributed by atoms with Gasteiger partial charge >= 0.3 is 0 Å². The molecule has 0 spiro atoms. The van der Waals surface area contributed by atoms with Gasteiger partial charge in [0.2, 0.25) is 0 Å². The second-order valence-corrected chi connectivity index (χ2v) is 3.38. The summed E-state index contributed by atoms with van der Waals surface area (Å²) in [5, 5.41) is 0. The molecule has 0 aromatic carbocycles. The normalized spacial score (nSPS) is 34.1. The van der Waals surface area contributed by atoms with Gasteiger partial charge in [-0.1, -0.05) is 6.92 Å². The molecule has 1 heterocycles. The highest BCUT2D eigenvalue weighted by molar-refractivity contribution is 4.81. The monoisotopic (exact) mass is 157 g/mol. The molecule has 11 heavy (non-hydrogen) atoms. The number of piperidine rings is 1. The number of ether oxygens (including phenoxy) is 1. The Morgan fingerprint density at radius 2 is 2.18 bits per heavy atom. The van der Waals surface area contributed by atoms with E-state index in [1.807, 2.05) is 7.11 Å². The minimum atomic E-state index is 0.0538. The van der Waals surface area contributed by atoms with Crippen molar-refractivity contribution in [2.45, 2.75) is 38.3 Å². The molecular weight excluding hydrogens is 138 g/mol. The number of methoxy groups -OCH3 is 1. The Bertz CT molecular complexity index is 121. The van der Waals surface area contributed by atoms with E-state index in [0.717, 1.165) is 6.42 Å². The van der Waals surface area contributed by atoms with Crippen molar-refractivity contribution < 1.29 is 4.74 Å². The van der Waals surface area contributed by atoms with Crippen LogP contribution in [0.3, 0.4) is 0 Å². The van der Waals surface area contributed by atoms with E-state index in [-0.39, 0.29) is 5.72 Å². The molecule has 1 aliphatic heterocycles. The summed E-state index contributed by atoms with van der Waals surface area (Å²) in [4.78, 5) is 2.34. The molecule has 66 valence electrons. The quantitative estimate of drug-likeness (QED) is 0.606. The predicted octanol–water partition coefficient (Wildman–Crippen LogP) is 1.85. The van der Waals surface area contributed by atoms with Crippen LogP contribution < -0.4 is 0 Å². The minimum absolute atomic E-state index is 0.0538. The summed E-state index contributed by atoms with van der Waals surface area (Å²) in [7, 11) is 3.98. The van der Waals surface area contributed by atoms with Gasteiger partial charge in [-0.05, 0) is 32.7 Å². The lowest BCUT2D eigenvalue weighted by Crippen LogP contribution is -2.50. The maximum Gasteiger partial charge on any atom is 0.120 e. The highest BCUT2D eigenvalue weighted by atomic mass is 16.5. The van der Waals surface area contributed by atoms with Gasteiger partial charge in [0.05, 0.1) is 0 Å². The van der Waals surface area contributed by atoms with Crippen molar-refractivity contribution in [1.29, 1.82) is 0 Å². The number of hydrogen-bond donors (Lipinski definition) is 0. The lowest BCUT2D eigenvalue weighted by Gasteiger charge is -2.43. The Morgan fingerprint density at radius 1 is 1.45 bits per heavy atom. The lowest BCUT2D eigenvalue weighted by molar-refractivity contribution is -0.147. The van der Waals surface area contributed by atoms with Crippen LogP contribution >= 0.6 is 0 Å². The van der Waals surface area contributed by atoms with Crippen molar-refractivity contribution in [2.75, 3.05) is 20.7 Å². The van der Waals surface area contributed by atoms with E-state index in [1.54, 1.807) is 0 Å². The van der Waals surface area contributed by atoms with Crippen LogP contribution in [0.2, 0.25) is 0 Å². The molecule has 1 rings (SSSR count). The number of likely N-dealkylation sites (tertiary alicyclic amines) is 1. The SMILES string of the molecule is CCC1(OC)CCCCN1C. The Balaban J connectivity index is 2.61. The van der Waals surface area contributed by atoms with Gasteiger partial charge < -0.3 is 4.74 Å². The zero-order chi connectivity index (χ0) is 8.32. The van der Waals surface area contributed by atoms with E-state index in [0.29, 0.717) is 0 Å². The van der Waals surface area contributed by atoms with Gasteiger partial charge in [-0.3, -0.25) is 4.90 Å². The molecule has 0 aromatic rings. The molecule has 2 nitrogen and oxygen atoms in total. The van der Waals surface area contributed by atoms with Crippen LogP contribution in [0.5, 0.6) is 0 Å². The van der Waals surface area contributed by atoms with Crippen LogP contribution in [-0.4, -0.2) is 31.3 Å². The summed E-state index contributed by atoms with van der Waals surface area (Å²) < 4.78 is 5.57. The second kappa shape index (κ2) is 3.55. The molecule has 1 fully saturated rings. The van der Waals surface area contributed by atoms with Crippen molar-refractivity contribution in [3.8, 4) is 0 Å². The van der Waals surface area contributed by atoms with E-state index < -0.39 is 0 Å².